The van der Waals surface area contributed by atoms with Crippen molar-refractivity contribution in [2.45, 2.75) is 27.2 Å². The molecule has 0 radical (unpaired) electrons. The number of nitrogens with zero attached hydrogens (tertiary/aromatic N) is 1. The minimum Gasteiger partial charge on any atom is -0.338 e. The molecule has 1 amide bonds. The Kier molecular flexibility index (Phi) is 3.69. The minimum absolute atomic E-state index is 0.0585. The van der Waals surface area contributed by atoms with Gasteiger partial charge in [0.05, 0.1) is 11.8 Å². The van der Waals surface area contributed by atoms with Crippen molar-refractivity contribution in [2.24, 2.45) is 5.41 Å². The summed E-state index contributed by atoms with van der Waals surface area (Å²) in [4.78, 5) is 11.9. The minimum atomic E-state index is -0.0681. The third-order valence-electron chi connectivity index (χ3n) is 2.60. The molecule has 0 unspecified atom stereocenters. The molecule has 0 saturated heterocycles. The molecule has 0 spiro atoms. The standard InChI is InChI=1S/C15H18N2O2/c1-15(2,3)9-13(18)17-14-12(10-16-19-14)11-7-5-4-6-8-11/h4-8,10H,9H2,1-3H3,(H,17,18). The highest BCUT2D eigenvalue weighted by Crippen LogP contribution is 2.28. The van der Waals surface area contributed by atoms with Crippen LogP contribution in [0, 0.1) is 5.41 Å². The summed E-state index contributed by atoms with van der Waals surface area (Å²) in [5, 5.41) is 6.54. The third-order valence-corrected chi connectivity index (χ3v) is 2.60. The van der Waals surface area contributed by atoms with Crippen molar-refractivity contribution in [3.8, 4) is 11.1 Å². The van der Waals surface area contributed by atoms with E-state index in [0.717, 1.165) is 11.1 Å². The van der Waals surface area contributed by atoms with E-state index in [2.05, 4.69) is 10.5 Å². The van der Waals surface area contributed by atoms with Crippen LogP contribution in [0.5, 0.6) is 0 Å². The van der Waals surface area contributed by atoms with Gasteiger partial charge >= 0.3 is 0 Å². The summed E-state index contributed by atoms with van der Waals surface area (Å²) in [6, 6.07) is 9.71. The molecule has 2 rings (SSSR count). The van der Waals surface area contributed by atoms with Gasteiger partial charge in [-0.25, -0.2) is 0 Å². The van der Waals surface area contributed by atoms with E-state index in [9.17, 15) is 4.79 Å². The van der Waals surface area contributed by atoms with Crippen LogP contribution >= 0.6 is 0 Å². The molecular weight excluding hydrogens is 240 g/mol. The number of hydrogen-bond acceptors (Lipinski definition) is 3. The zero-order valence-electron chi connectivity index (χ0n) is 11.4. The number of rotatable bonds is 3. The van der Waals surface area contributed by atoms with Crippen LogP contribution in [0.3, 0.4) is 0 Å². The lowest BCUT2D eigenvalue weighted by Crippen LogP contribution is -2.19. The van der Waals surface area contributed by atoms with Crippen LogP contribution in [0.25, 0.3) is 11.1 Å². The summed E-state index contributed by atoms with van der Waals surface area (Å²) in [5.74, 6) is 0.335. The fraction of sp³-hybridized carbons (Fsp3) is 0.333. The van der Waals surface area contributed by atoms with Crippen LogP contribution in [-0.2, 0) is 4.79 Å². The zero-order chi connectivity index (χ0) is 13.9. The van der Waals surface area contributed by atoms with Gasteiger partial charge in [0, 0.05) is 6.42 Å². The van der Waals surface area contributed by atoms with E-state index in [4.69, 9.17) is 4.52 Å². The third kappa shape index (κ3) is 3.68. The zero-order valence-corrected chi connectivity index (χ0v) is 11.4. The highest BCUT2D eigenvalue weighted by molar-refractivity contribution is 5.93. The molecule has 0 aliphatic rings. The molecule has 1 aromatic heterocycles. The van der Waals surface area contributed by atoms with E-state index < -0.39 is 0 Å². The lowest BCUT2D eigenvalue weighted by molar-refractivity contribution is -0.117. The van der Waals surface area contributed by atoms with Crippen molar-refractivity contribution in [3.63, 3.8) is 0 Å². The molecule has 0 bridgehead atoms. The Labute approximate surface area is 112 Å². The quantitative estimate of drug-likeness (QED) is 0.912. The van der Waals surface area contributed by atoms with E-state index >= 15 is 0 Å². The molecule has 1 aromatic carbocycles. The van der Waals surface area contributed by atoms with Crippen molar-refractivity contribution < 1.29 is 9.32 Å². The predicted molar refractivity (Wildman–Crippen MR) is 74.6 cm³/mol. The Morgan fingerprint density at radius 1 is 1.26 bits per heavy atom. The maximum Gasteiger partial charge on any atom is 0.239 e. The maximum absolute atomic E-state index is 11.9. The molecule has 2 aromatic rings. The van der Waals surface area contributed by atoms with Crippen LogP contribution in [0.1, 0.15) is 27.2 Å². The number of amides is 1. The fourth-order valence-electron chi connectivity index (χ4n) is 1.81. The molecule has 0 fully saturated rings. The van der Waals surface area contributed by atoms with Gasteiger partial charge in [-0.3, -0.25) is 10.1 Å². The second kappa shape index (κ2) is 5.26. The second-order valence-corrected chi connectivity index (χ2v) is 5.72. The smallest absolute Gasteiger partial charge is 0.239 e. The number of hydrogen-bond donors (Lipinski definition) is 1. The van der Waals surface area contributed by atoms with Crippen LogP contribution in [-0.4, -0.2) is 11.1 Å². The van der Waals surface area contributed by atoms with Gasteiger partial charge < -0.3 is 4.52 Å². The van der Waals surface area contributed by atoms with Crippen molar-refractivity contribution in [1.29, 1.82) is 0 Å². The SMILES string of the molecule is CC(C)(C)CC(=O)Nc1oncc1-c1ccccc1. The number of benzene rings is 1. The van der Waals surface area contributed by atoms with Gasteiger partial charge in [-0.15, -0.1) is 0 Å². The molecule has 0 saturated carbocycles. The summed E-state index contributed by atoms with van der Waals surface area (Å²) in [5.41, 5.74) is 1.70. The van der Waals surface area contributed by atoms with Crippen LogP contribution < -0.4 is 5.32 Å². The van der Waals surface area contributed by atoms with Gasteiger partial charge in [-0.1, -0.05) is 56.3 Å². The molecule has 0 atom stereocenters. The van der Waals surface area contributed by atoms with Gasteiger partial charge in [0.15, 0.2) is 0 Å². The summed E-state index contributed by atoms with van der Waals surface area (Å²) in [6.07, 6.45) is 2.05. The molecule has 19 heavy (non-hydrogen) atoms. The Morgan fingerprint density at radius 2 is 1.95 bits per heavy atom. The summed E-state index contributed by atoms with van der Waals surface area (Å²) in [7, 11) is 0. The van der Waals surface area contributed by atoms with Crippen molar-refractivity contribution in [3.05, 3.63) is 36.5 Å². The molecule has 100 valence electrons. The topological polar surface area (TPSA) is 55.1 Å². The van der Waals surface area contributed by atoms with E-state index in [1.165, 1.54) is 0 Å². The van der Waals surface area contributed by atoms with Gasteiger partial charge in [-0.2, -0.15) is 0 Å². The molecule has 4 heteroatoms. The first kappa shape index (κ1) is 13.3. The Balaban J connectivity index is 2.15. The number of aromatic nitrogens is 1. The molecule has 0 aliphatic carbocycles. The second-order valence-electron chi connectivity index (χ2n) is 5.72. The number of nitrogens with one attached hydrogen (secondary N) is 1. The lowest BCUT2D eigenvalue weighted by Gasteiger charge is -2.16. The van der Waals surface area contributed by atoms with Gasteiger partial charge in [-0.05, 0) is 11.0 Å². The number of carbonyl (C=O) groups excluding carboxylic acids is 1. The van der Waals surface area contributed by atoms with Gasteiger partial charge in [0.25, 0.3) is 0 Å². The first-order valence-electron chi connectivity index (χ1n) is 6.26. The molecule has 4 nitrogen and oxygen atoms in total. The Hall–Kier alpha value is -2.10. The number of carbonyl (C=O) groups is 1. The van der Waals surface area contributed by atoms with E-state index in [1.807, 2.05) is 51.1 Å². The highest BCUT2D eigenvalue weighted by Gasteiger charge is 2.19. The highest BCUT2D eigenvalue weighted by atomic mass is 16.5. The van der Waals surface area contributed by atoms with Crippen LogP contribution in [0.4, 0.5) is 5.88 Å². The molecule has 0 aliphatic heterocycles. The van der Waals surface area contributed by atoms with Crippen molar-refractivity contribution in [1.82, 2.24) is 5.16 Å². The molecule has 1 N–H and O–H groups in total. The Bertz CT molecular complexity index is 553. The molecular formula is C15H18N2O2. The predicted octanol–water partition coefficient (Wildman–Crippen LogP) is 3.72. The first-order valence-corrected chi connectivity index (χ1v) is 6.26. The summed E-state index contributed by atoms with van der Waals surface area (Å²) >= 11 is 0. The summed E-state index contributed by atoms with van der Waals surface area (Å²) < 4.78 is 5.12. The van der Waals surface area contributed by atoms with Gasteiger partial charge in [0.2, 0.25) is 11.8 Å². The van der Waals surface area contributed by atoms with E-state index in [1.54, 1.807) is 6.20 Å². The van der Waals surface area contributed by atoms with E-state index in [0.29, 0.717) is 12.3 Å². The van der Waals surface area contributed by atoms with Gasteiger partial charge in [0.1, 0.15) is 0 Å². The first-order chi connectivity index (χ1) is 8.96. The fourth-order valence-corrected chi connectivity index (χ4v) is 1.81. The largest absolute Gasteiger partial charge is 0.338 e. The number of anilines is 1. The monoisotopic (exact) mass is 258 g/mol. The van der Waals surface area contributed by atoms with Crippen LogP contribution in [0.15, 0.2) is 41.1 Å². The lowest BCUT2D eigenvalue weighted by atomic mass is 9.92. The average molecular weight is 258 g/mol. The van der Waals surface area contributed by atoms with E-state index in [-0.39, 0.29) is 11.3 Å². The summed E-state index contributed by atoms with van der Waals surface area (Å²) in [6.45, 7) is 6.06. The Morgan fingerprint density at radius 3 is 2.58 bits per heavy atom. The average Bonchev–Trinajstić information content (AvgIpc) is 2.75. The van der Waals surface area contributed by atoms with Crippen molar-refractivity contribution in [2.75, 3.05) is 5.32 Å². The van der Waals surface area contributed by atoms with Crippen LogP contribution in [0.2, 0.25) is 0 Å². The van der Waals surface area contributed by atoms with Crippen molar-refractivity contribution >= 4 is 11.8 Å². The normalized spacial score (nSPS) is 11.3. The molecule has 1 heterocycles. The maximum atomic E-state index is 11.9.